The lowest BCUT2D eigenvalue weighted by molar-refractivity contribution is -0.150. The van der Waals surface area contributed by atoms with Crippen molar-refractivity contribution in [2.24, 2.45) is 5.92 Å². The van der Waals surface area contributed by atoms with E-state index in [2.05, 4.69) is 6.07 Å². The van der Waals surface area contributed by atoms with Crippen LogP contribution in [0.25, 0.3) is 0 Å². The van der Waals surface area contributed by atoms with E-state index < -0.39 is 5.60 Å². The van der Waals surface area contributed by atoms with Crippen LogP contribution in [0.3, 0.4) is 0 Å². The summed E-state index contributed by atoms with van der Waals surface area (Å²) in [4.78, 5) is 31.1. The molecule has 0 saturated carbocycles. The monoisotopic (exact) mass is 482 g/mol. The molecule has 6 rings (SSSR count). The molecule has 3 heterocycles. The fraction of sp³-hybridized carbons (Fsp3) is 0.333. The number of benzene rings is 3. The standard InChI is InChI=1S/C30H30N2O4/c1-20-15-25(17-28(34)31-18-22-10-6-5-9-21(22)16-24(31)19-33)36-30(20)26-13-7-8-14-27(26)32(29(30)35)23-11-3-2-4-12-23/h2-14,20,24-25,33H,15-19H2,1H3/t20-,24+,25-,30+/m1/s1. The number of hydrogen-bond acceptors (Lipinski definition) is 4. The van der Waals surface area contributed by atoms with E-state index in [1.54, 1.807) is 9.80 Å². The molecule has 1 saturated heterocycles. The number of aliphatic hydroxyl groups is 1. The molecule has 3 aromatic carbocycles. The summed E-state index contributed by atoms with van der Waals surface area (Å²) in [7, 11) is 0. The average molecular weight is 483 g/mol. The third-order valence-corrected chi connectivity index (χ3v) is 8.03. The average Bonchev–Trinajstić information content (AvgIpc) is 3.37. The molecule has 1 spiro atoms. The van der Waals surface area contributed by atoms with Crippen molar-refractivity contribution in [3.63, 3.8) is 0 Å². The zero-order chi connectivity index (χ0) is 24.9. The van der Waals surface area contributed by atoms with Crippen LogP contribution in [0.15, 0.2) is 78.9 Å². The summed E-state index contributed by atoms with van der Waals surface area (Å²) >= 11 is 0. The van der Waals surface area contributed by atoms with Gasteiger partial charge in [0.05, 0.1) is 30.9 Å². The molecule has 6 heteroatoms. The van der Waals surface area contributed by atoms with Crippen molar-refractivity contribution in [3.8, 4) is 0 Å². The fourth-order valence-electron chi connectivity index (χ4n) is 6.26. The highest BCUT2D eigenvalue weighted by Crippen LogP contribution is 2.55. The van der Waals surface area contributed by atoms with Gasteiger partial charge in [0.1, 0.15) is 0 Å². The highest BCUT2D eigenvalue weighted by molar-refractivity contribution is 6.12. The van der Waals surface area contributed by atoms with E-state index in [0.717, 1.165) is 22.5 Å². The van der Waals surface area contributed by atoms with Crippen LogP contribution >= 0.6 is 0 Å². The Balaban J connectivity index is 1.27. The predicted molar refractivity (Wildman–Crippen MR) is 137 cm³/mol. The van der Waals surface area contributed by atoms with Crippen LogP contribution in [-0.4, -0.2) is 40.6 Å². The molecule has 0 unspecified atom stereocenters. The molecule has 1 N–H and O–H groups in total. The smallest absolute Gasteiger partial charge is 0.268 e. The number of carbonyl (C=O) groups is 2. The maximum absolute atomic E-state index is 14.0. The van der Waals surface area contributed by atoms with E-state index in [9.17, 15) is 14.7 Å². The van der Waals surface area contributed by atoms with Crippen molar-refractivity contribution in [2.75, 3.05) is 11.5 Å². The van der Waals surface area contributed by atoms with Crippen molar-refractivity contribution >= 4 is 23.2 Å². The van der Waals surface area contributed by atoms with E-state index in [1.165, 1.54) is 5.56 Å². The predicted octanol–water partition coefficient (Wildman–Crippen LogP) is 4.32. The number of ether oxygens (including phenoxy) is 1. The number of aliphatic hydroxyl groups excluding tert-OH is 1. The van der Waals surface area contributed by atoms with Crippen molar-refractivity contribution in [3.05, 3.63) is 95.6 Å². The van der Waals surface area contributed by atoms with Crippen LogP contribution in [0.2, 0.25) is 0 Å². The Morgan fingerprint density at radius 3 is 2.47 bits per heavy atom. The number of nitrogens with zero attached hydrogens (tertiary/aromatic N) is 2. The topological polar surface area (TPSA) is 70.1 Å². The summed E-state index contributed by atoms with van der Waals surface area (Å²) in [5, 5.41) is 10.0. The Labute approximate surface area is 211 Å². The molecule has 184 valence electrons. The van der Waals surface area contributed by atoms with E-state index in [1.807, 2.05) is 79.7 Å². The quantitative estimate of drug-likeness (QED) is 0.601. The lowest BCUT2D eigenvalue weighted by atomic mass is 9.83. The number of fused-ring (bicyclic) bond motifs is 3. The van der Waals surface area contributed by atoms with Gasteiger partial charge in [0.15, 0.2) is 5.60 Å². The summed E-state index contributed by atoms with van der Waals surface area (Å²) in [6.07, 6.45) is 1.06. The molecular weight excluding hydrogens is 452 g/mol. The first-order valence-electron chi connectivity index (χ1n) is 12.7. The molecule has 6 nitrogen and oxygen atoms in total. The summed E-state index contributed by atoms with van der Waals surface area (Å²) < 4.78 is 6.61. The number of amides is 2. The number of hydrogen-bond donors (Lipinski definition) is 1. The van der Waals surface area contributed by atoms with Gasteiger partial charge in [0.2, 0.25) is 5.91 Å². The highest BCUT2D eigenvalue weighted by Gasteiger charge is 2.60. The molecule has 3 aromatic rings. The number of carbonyl (C=O) groups excluding carboxylic acids is 2. The fourth-order valence-corrected chi connectivity index (χ4v) is 6.26. The van der Waals surface area contributed by atoms with E-state index in [0.29, 0.717) is 19.4 Å². The molecule has 0 bridgehead atoms. The molecule has 2 amide bonds. The molecule has 0 aromatic heterocycles. The van der Waals surface area contributed by atoms with E-state index in [-0.39, 0.29) is 42.9 Å². The molecule has 3 aliphatic heterocycles. The van der Waals surface area contributed by atoms with Crippen molar-refractivity contribution in [1.82, 2.24) is 4.90 Å². The lowest BCUT2D eigenvalue weighted by Crippen LogP contribution is -2.47. The minimum atomic E-state index is -1.11. The van der Waals surface area contributed by atoms with Crippen molar-refractivity contribution in [2.45, 2.75) is 50.5 Å². The van der Waals surface area contributed by atoms with Gasteiger partial charge >= 0.3 is 0 Å². The minimum Gasteiger partial charge on any atom is -0.394 e. The molecule has 3 aliphatic rings. The van der Waals surface area contributed by atoms with Gasteiger partial charge in [-0.05, 0) is 42.2 Å². The Morgan fingerprint density at radius 1 is 1.00 bits per heavy atom. The summed E-state index contributed by atoms with van der Waals surface area (Å²) in [5.41, 5.74) is 3.69. The van der Waals surface area contributed by atoms with Gasteiger partial charge in [-0.25, -0.2) is 0 Å². The van der Waals surface area contributed by atoms with E-state index in [4.69, 9.17) is 4.74 Å². The SMILES string of the molecule is C[C@@H]1C[C@H](CC(=O)N2Cc3ccccc3C[C@H]2CO)O[C@@]12C(=O)N(c1ccccc1)c1ccccc12. The molecule has 0 radical (unpaired) electrons. The second-order valence-corrected chi connectivity index (χ2v) is 10.1. The van der Waals surface area contributed by atoms with Gasteiger partial charge in [-0.1, -0.05) is 67.6 Å². The van der Waals surface area contributed by atoms with Gasteiger partial charge in [0, 0.05) is 23.7 Å². The zero-order valence-corrected chi connectivity index (χ0v) is 20.3. The second kappa shape index (κ2) is 8.87. The van der Waals surface area contributed by atoms with Crippen molar-refractivity contribution < 1.29 is 19.4 Å². The van der Waals surface area contributed by atoms with Crippen molar-refractivity contribution in [1.29, 1.82) is 0 Å². The number of anilines is 2. The summed E-state index contributed by atoms with van der Waals surface area (Å²) in [5.74, 6) is -0.234. The van der Waals surface area contributed by atoms with Gasteiger partial charge in [-0.3, -0.25) is 14.5 Å². The van der Waals surface area contributed by atoms with Crippen LogP contribution in [0.5, 0.6) is 0 Å². The molecular formula is C30H30N2O4. The first kappa shape index (κ1) is 23.0. The van der Waals surface area contributed by atoms with Gasteiger partial charge in [0.25, 0.3) is 5.91 Å². The van der Waals surface area contributed by atoms with Crippen LogP contribution in [0.4, 0.5) is 11.4 Å². The second-order valence-electron chi connectivity index (χ2n) is 10.1. The molecule has 36 heavy (non-hydrogen) atoms. The third-order valence-electron chi connectivity index (χ3n) is 8.03. The van der Waals surface area contributed by atoms with Crippen LogP contribution in [0.1, 0.15) is 36.5 Å². The third kappa shape index (κ3) is 3.47. The largest absolute Gasteiger partial charge is 0.394 e. The zero-order valence-electron chi connectivity index (χ0n) is 20.3. The number of para-hydroxylation sites is 2. The summed E-state index contributed by atoms with van der Waals surface area (Å²) in [6, 6.07) is 25.3. The molecule has 0 aliphatic carbocycles. The molecule has 4 atom stereocenters. The highest BCUT2D eigenvalue weighted by atomic mass is 16.5. The minimum absolute atomic E-state index is 0.0450. The van der Waals surface area contributed by atoms with Crippen LogP contribution < -0.4 is 4.90 Å². The Hall–Kier alpha value is -3.48. The van der Waals surface area contributed by atoms with Crippen LogP contribution in [0, 0.1) is 5.92 Å². The molecule has 1 fully saturated rings. The maximum atomic E-state index is 14.0. The number of rotatable bonds is 4. The first-order chi connectivity index (χ1) is 17.5. The van der Waals surface area contributed by atoms with Gasteiger partial charge in [-0.2, -0.15) is 0 Å². The lowest BCUT2D eigenvalue weighted by Gasteiger charge is -2.36. The van der Waals surface area contributed by atoms with Crippen LogP contribution in [-0.2, 0) is 32.9 Å². The maximum Gasteiger partial charge on any atom is 0.268 e. The van der Waals surface area contributed by atoms with E-state index >= 15 is 0 Å². The normalized spacial score (nSPS) is 26.8. The summed E-state index contributed by atoms with van der Waals surface area (Å²) in [6.45, 7) is 2.45. The van der Waals surface area contributed by atoms with Gasteiger partial charge in [-0.15, -0.1) is 0 Å². The Bertz CT molecular complexity index is 1310. The first-order valence-corrected chi connectivity index (χ1v) is 12.7. The Kier molecular flexibility index (Phi) is 5.66. The van der Waals surface area contributed by atoms with Gasteiger partial charge < -0.3 is 14.7 Å². The Morgan fingerprint density at radius 2 is 1.69 bits per heavy atom.